The van der Waals surface area contributed by atoms with Crippen LogP contribution < -0.4 is 5.32 Å². The van der Waals surface area contributed by atoms with E-state index in [0.29, 0.717) is 10.7 Å². The van der Waals surface area contributed by atoms with E-state index in [1.54, 1.807) is 12.1 Å². The lowest BCUT2D eigenvalue weighted by Crippen LogP contribution is -2.03. The maximum Gasteiger partial charge on any atom is 0.153 e. The summed E-state index contributed by atoms with van der Waals surface area (Å²) in [5, 5.41) is 11.0. The molecule has 0 aromatic heterocycles. The van der Waals surface area contributed by atoms with Crippen molar-refractivity contribution in [1.82, 2.24) is 0 Å². The predicted molar refractivity (Wildman–Crippen MR) is 99.2 cm³/mol. The van der Waals surface area contributed by atoms with Crippen LogP contribution in [-0.4, -0.2) is 6.21 Å². The minimum atomic E-state index is -0.694. The van der Waals surface area contributed by atoms with Crippen LogP contribution in [0.15, 0.2) is 54.6 Å². The summed E-state index contributed by atoms with van der Waals surface area (Å²) in [5.74, 6) is -1.36. The van der Waals surface area contributed by atoms with Crippen LogP contribution >= 0.6 is 11.6 Å². The molecule has 0 radical (unpaired) electrons. The van der Waals surface area contributed by atoms with E-state index in [4.69, 9.17) is 17.0 Å². The normalized spacial score (nSPS) is 10.6. The summed E-state index contributed by atoms with van der Waals surface area (Å²) in [7, 11) is 0. The van der Waals surface area contributed by atoms with Crippen molar-refractivity contribution >= 4 is 29.2 Å². The summed E-state index contributed by atoms with van der Waals surface area (Å²) in [4.78, 5) is 0. The predicted octanol–water partition coefficient (Wildman–Crippen LogP) is 6.33. The summed E-state index contributed by atoms with van der Waals surface area (Å²) < 4.78 is 28.0. The number of halogens is 3. The third-order valence-corrected chi connectivity index (χ3v) is 4.22. The fraction of sp³-hybridized carbons (Fsp3) is 0.0500. The lowest BCUT2D eigenvalue weighted by molar-refractivity contribution is 0.570. The molecule has 3 aromatic carbocycles. The molecule has 0 atom stereocenters. The molecule has 0 amide bonds. The van der Waals surface area contributed by atoms with Crippen LogP contribution in [0.1, 0.15) is 11.1 Å². The van der Waals surface area contributed by atoms with Crippen molar-refractivity contribution in [3.63, 3.8) is 0 Å². The van der Waals surface area contributed by atoms with Gasteiger partial charge in [-0.05, 0) is 48.4 Å². The van der Waals surface area contributed by atoms with E-state index in [-0.39, 0.29) is 16.8 Å². The maximum atomic E-state index is 14.4. The zero-order valence-corrected chi connectivity index (χ0v) is 14.2. The molecule has 126 valence electrons. The number of anilines is 2. The van der Waals surface area contributed by atoms with Gasteiger partial charge in [0.2, 0.25) is 0 Å². The second-order valence-corrected chi connectivity index (χ2v) is 6.05. The number of hydrogen-bond acceptors (Lipinski definition) is 2. The molecule has 0 saturated carbocycles. The highest BCUT2D eigenvalue weighted by Gasteiger charge is 2.15. The van der Waals surface area contributed by atoms with Gasteiger partial charge in [-0.1, -0.05) is 35.9 Å². The standard InChI is InChI=1S/C20H15ClF2N2/c1-12-18(22)10-15(11-24)20(19(12)23)25-17-8-4-14(5-9-17)13-2-6-16(21)7-3-13/h2-11,24-25H,1H3. The average Bonchev–Trinajstić information content (AvgIpc) is 2.63. The topological polar surface area (TPSA) is 35.9 Å². The molecule has 25 heavy (non-hydrogen) atoms. The van der Waals surface area contributed by atoms with Crippen LogP contribution in [0.3, 0.4) is 0 Å². The zero-order chi connectivity index (χ0) is 18.0. The van der Waals surface area contributed by atoms with Crippen molar-refractivity contribution < 1.29 is 8.78 Å². The lowest BCUT2D eigenvalue weighted by atomic mass is 10.0. The number of hydrogen-bond donors (Lipinski definition) is 2. The molecular formula is C20H15ClF2N2. The van der Waals surface area contributed by atoms with Crippen molar-refractivity contribution in [2.45, 2.75) is 6.92 Å². The SMILES string of the molecule is Cc1c(F)cc(C=N)c(Nc2ccc(-c3ccc(Cl)cc3)cc2)c1F. The number of benzene rings is 3. The molecule has 0 fully saturated rings. The first-order valence-electron chi connectivity index (χ1n) is 7.61. The fourth-order valence-corrected chi connectivity index (χ4v) is 2.64. The smallest absolute Gasteiger partial charge is 0.153 e. The Kier molecular flexibility index (Phi) is 4.81. The molecule has 0 bridgehead atoms. The molecule has 3 aromatic rings. The monoisotopic (exact) mass is 356 g/mol. The Balaban J connectivity index is 1.91. The van der Waals surface area contributed by atoms with E-state index in [9.17, 15) is 8.78 Å². The van der Waals surface area contributed by atoms with E-state index < -0.39 is 11.6 Å². The van der Waals surface area contributed by atoms with Crippen LogP contribution in [0, 0.1) is 24.0 Å². The molecule has 5 heteroatoms. The van der Waals surface area contributed by atoms with Gasteiger partial charge in [0.1, 0.15) is 5.82 Å². The first-order chi connectivity index (χ1) is 12.0. The van der Waals surface area contributed by atoms with E-state index in [2.05, 4.69) is 5.32 Å². The van der Waals surface area contributed by atoms with Gasteiger partial charge in [-0.25, -0.2) is 8.78 Å². The van der Waals surface area contributed by atoms with Crippen molar-refractivity contribution in [1.29, 1.82) is 5.41 Å². The van der Waals surface area contributed by atoms with E-state index in [1.807, 2.05) is 36.4 Å². The van der Waals surface area contributed by atoms with Crippen LogP contribution in [0.25, 0.3) is 11.1 Å². The van der Waals surface area contributed by atoms with Crippen LogP contribution in [-0.2, 0) is 0 Å². The van der Waals surface area contributed by atoms with Crippen molar-refractivity contribution in [2.75, 3.05) is 5.32 Å². The quantitative estimate of drug-likeness (QED) is 0.526. The van der Waals surface area contributed by atoms with E-state index >= 15 is 0 Å². The Morgan fingerprint density at radius 3 is 2.08 bits per heavy atom. The van der Waals surface area contributed by atoms with Gasteiger partial charge < -0.3 is 10.7 Å². The molecule has 3 rings (SSSR count). The van der Waals surface area contributed by atoms with Crippen LogP contribution in [0.5, 0.6) is 0 Å². The molecule has 2 nitrogen and oxygen atoms in total. The average molecular weight is 357 g/mol. The second-order valence-electron chi connectivity index (χ2n) is 5.62. The van der Waals surface area contributed by atoms with Crippen LogP contribution in [0.4, 0.5) is 20.2 Å². The summed E-state index contributed by atoms with van der Waals surface area (Å²) >= 11 is 5.89. The van der Waals surface area contributed by atoms with E-state index in [1.165, 1.54) is 6.92 Å². The molecule has 0 aliphatic rings. The number of nitrogens with one attached hydrogen (secondary N) is 2. The molecule has 0 aliphatic heterocycles. The van der Waals surface area contributed by atoms with Crippen LogP contribution in [0.2, 0.25) is 5.02 Å². The van der Waals surface area contributed by atoms with Gasteiger partial charge in [0.05, 0.1) is 5.69 Å². The molecular weight excluding hydrogens is 342 g/mol. The van der Waals surface area contributed by atoms with Gasteiger partial charge in [0.25, 0.3) is 0 Å². The molecule has 2 N–H and O–H groups in total. The highest BCUT2D eigenvalue weighted by atomic mass is 35.5. The van der Waals surface area contributed by atoms with Crippen molar-refractivity contribution in [2.24, 2.45) is 0 Å². The Morgan fingerprint density at radius 2 is 1.52 bits per heavy atom. The largest absolute Gasteiger partial charge is 0.353 e. The van der Waals surface area contributed by atoms with E-state index in [0.717, 1.165) is 23.4 Å². The van der Waals surface area contributed by atoms with Gasteiger partial charge in [-0.3, -0.25) is 0 Å². The molecule has 0 saturated heterocycles. The van der Waals surface area contributed by atoms with Gasteiger partial charge in [-0.15, -0.1) is 0 Å². The number of rotatable bonds is 4. The van der Waals surface area contributed by atoms with Gasteiger partial charge in [0.15, 0.2) is 5.82 Å². The highest BCUT2D eigenvalue weighted by Crippen LogP contribution is 2.29. The zero-order valence-electron chi connectivity index (χ0n) is 13.4. The minimum absolute atomic E-state index is 0.0779. The van der Waals surface area contributed by atoms with Crippen molar-refractivity contribution in [3.8, 4) is 11.1 Å². The summed E-state index contributed by atoms with van der Waals surface area (Å²) in [6.07, 6.45) is 0.927. The van der Waals surface area contributed by atoms with Gasteiger partial charge in [-0.2, -0.15) is 0 Å². The third kappa shape index (κ3) is 3.54. The molecule has 0 aliphatic carbocycles. The molecule has 0 spiro atoms. The summed E-state index contributed by atoms with van der Waals surface area (Å²) in [5.41, 5.74) is 2.82. The Labute approximate surface area is 149 Å². The van der Waals surface area contributed by atoms with Gasteiger partial charge >= 0.3 is 0 Å². The Bertz CT molecular complexity index is 920. The second kappa shape index (κ2) is 7.03. The Morgan fingerprint density at radius 1 is 0.960 bits per heavy atom. The molecule has 0 unspecified atom stereocenters. The first-order valence-corrected chi connectivity index (χ1v) is 7.99. The fourth-order valence-electron chi connectivity index (χ4n) is 2.51. The molecule has 0 heterocycles. The highest BCUT2D eigenvalue weighted by molar-refractivity contribution is 6.30. The lowest BCUT2D eigenvalue weighted by Gasteiger charge is -2.13. The third-order valence-electron chi connectivity index (χ3n) is 3.97. The van der Waals surface area contributed by atoms with Crippen molar-refractivity contribution in [3.05, 3.63) is 82.4 Å². The Hall–Kier alpha value is -2.72. The minimum Gasteiger partial charge on any atom is -0.353 e. The summed E-state index contributed by atoms with van der Waals surface area (Å²) in [6, 6.07) is 16.0. The van der Waals surface area contributed by atoms with Gasteiger partial charge in [0, 0.05) is 28.1 Å². The first kappa shape index (κ1) is 17.1. The summed E-state index contributed by atoms with van der Waals surface area (Å²) in [6.45, 7) is 1.37. The maximum absolute atomic E-state index is 14.4.